The van der Waals surface area contributed by atoms with Gasteiger partial charge in [-0.3, -0.25) is 14.7 Å². The van der Waals surface area contributed by atoms with Crippen molar-refractivity contribution >= 4 is 17.4 Å². The number of hydrogen-bond acceptors (Lipinski definition) is 3. The first-order chi connectivity index (χ1) is 13.7. The number of H-pyrrole nitrogens is 1. The highest BCUT2D eigenvalue weighted by Crippen LogP contribution is 2.22. The molecule has 3 aromatic carbocycles. The summed E-state index contributed by atoms with van der Waals surface area (Å²) in [7, 11) is 0. The molecule has 5 nitrogen and oxygen atoms in total. The van der Waals surface area contributed by atoms with Gasteiger partial charge in [0.25, 0.3) is 5.91 Å². The average Bonchev–Trinajstić information content (AvgIpc) is 3.29. The first-order valence-electron chi connectivity index (χ1n) is 8.81. The van der Waals surface area contributed by atoms with Gasteiger partial charge in [-0.15, -0.1) is 0 Å². The van der Waals surface area contributed by atoms with Crippen molar-refractivity contribution < 1.29 is 9.59 Å². The number of carbonyl (C=O) groups is 2. The van der Waals surface area contributed by atoms with E-state index < -0.39 is 0 Å². The number of ketones is 1. The minimum Gasteiger partial charge on any atom is -0.322 e. The van der Waals surface area contributed by atoms with E-state index in [-0.39, 0.29) is 11.7 Å². The molecule has 0 aliphatic heterocycles. The molecule has 0 saturated heterocycles. The van der Waals surface area contributed by atoms with Gasteiger partial charge in [0, 0.05) is 34.1 Å². The standard InChI is InChI=1S/C23H17N3O2/c27-22(16-5-2-1-3-6-16)17-9-11-18(12-10-17)23(28)26-21-8-4-7-19(13-21)20-14-24-25-15-20/h1-15H,(H,24,25)(H,26,28). The minimum absolute atomic E-state index is 0.0691. The zero-order chi connectivity index (χ0) is 19.3. The number of amides is 1. The van der Waals surface area contributed by atoms with E-state index in [0.717, 1.165) is 11.1 Å². The summed E-state index contributed by atoms with van der Waals surface area (Å²) in [5.74, 6) is -0.302. The molecular weight excluding hydrogens is 350 g/mol. The Bertz CT molecular complexity index is 1100. The van der Waals surface area contributed by atoms with Gasteiger partial charge in [0.05, 0.1) is 6.20 Å². The van der Waals surface area contributed by atoms with Crippen molar-refractivity contribution in [1.82, 2.24) is 10.2 Å². The van der Waals surface area contributed by atoms with Gasteiger partial charge in [-0.05, 0) is 29.8 Å². The van der Waals surface area contributed by atoms with E-state index in [2.05, 4.69) is 15.5 Å². The highest BCUT2D eigenvalue weighted by Gasteiger charge is 2.11. The lowest BCUT2D eigenvalue weighted by Gasteiger charge is -2.08. The van der Waals surface area contributed by atoms with Gasteiger partial charge in [0.15, 0.2) is 5.78 Å². The quantitative estimate of drug-likeness (QED) is 0.508. The third-order valence-corrected chi connectivity index (χ3v) is 4.40. The Morgan fingerprint density at radius 2 is 1.46 bits per heavy atom. The van der Waals surface area contributed by atoms with Crippen LogP contribution in [0.3, 0.4) is 0 Å². The topological polar surface area (TPSA) is 74.8 Å². The lowest BCUT2D eigenvalue weighted by Crippen LogP contribution is -2.12. The molecule has 1 aromatic heterocycles. The fraction of sp³-hybridized carbons (Fsp3) is 0. The van der Waals surface area contributed by atoms with Crippen LogP contribution in [-0.4, -0.2) is 21.9 Å². The Morgan fingerprint density at radius 1 is 0.750 bits per heavy atom. The highest BCUT2D eigenvalue weighted by molar-refractivity contribution is 6.10. The van der Waals surface area contributed by atoms with Gasteiger partial charge in [0.2, 0.25) is 0 Å². The molecule has 5 heteroatoms. The molecule has 0 bridgehead atoms. The van der Waals surface area contributed by atoms with Crippen LogP contribution in [0.4, 0.5) is 5.69 Å². The lowest BCUT2D eigenvalue weighted by atomic mass is 10.0. The average molecular weight is 367 g/mol. The van der Waals surface area contributed by atoms with Gasteiger partial charge >= 0.3 is 0 Å². The Balaban J connectivity index is 1.48. The van der Waals surface area contributed by atoms with Crippen molar-refractivity contribution in [2.45, 2.75) is 0 Å². The molecular formula is C23H17N3O2. The maximum atomic E-state index is 12.5. The van der Waals surface area contributed by atoms with Gasteiger partial charge in [-0.1, -0.05) is 54.6 Å². The first kappa shape index (κ1) is 17.4. The second-order valence-corrected chi connectivity index (χ2v) is 6.29. The van der Waals surface area contributed by atoms with Crippen molar-refractivity contribution in [3.63, 3.8) is 0 Å². The van der Waals surface area contributed by atoms with Crippen LogP contribution in [0.1, 0.15) is 26.3 Å². The van der Waals surface area contributed by atoms with Crippen LogP contribution in [-0.2, 0) is 0 Å². The first-order valence-corrected chi connectivity index (χ1v) is 8.81. The molecule has 0 unspecified atom stereocenters. The van der Waals surface area contributed by atoms with Crippen LogP contribution < -0.4 is 5.32 Å². The zero-order valence-electron chi connectivity index (χ0n) is 14.9. The second-order valence-electron chi connectivity index (χ2n) is 6.29. The number of benzene rings is 3. The summed E-state index contributed by atoms with van der Waals surface area (Å²) >= 11 is 0. The van der Waals surface area contributed by atoms with Crippen molar-refractivity contribution in [2.24, 2.45) is 0 Å². The summed E-state index contributed by atoms with van der Waals surface area (Å²) in [6, 6.07) is 23.3. The minimum atomic E-state index is -0.233. The zero-order valence-corrected chi connectivity index (χ0v) is 14.9. The number of carbonyl (C=O) groups excluding carboxylic acids is 2. The number of aromatic nitrogens is 2. The SMILES string of the molecule is O=C(Nc1cccc(-c2cn[nH]c2)c1)c1ccc(C(=O)c2ccccc2)cc1. The molecule has 4 rings (SSSR count). The number of nitrogens with zero attached hydrogens (tertiary/aromatic N) is 1. The third kappa shape index (κ3) is 3.73. The molecule has 2 N–H and O–H groups in total. The van der Waals surface area contributed by atoms with Crippen molar-refractivity contribution in [2.75, 3.05) is 5.32 Å². The second kappa shape index (κ2) is 7.72. The Hall–Kier alpha value is -3.99. The fourth-order valence-electron chi connectivity index (χ4n) is 2.92. The highest BCUT2D eigenvalue weighted by atomic mass is 16.1. The molecule has 0 spiro atoms. The summed E-state index contributed by atoms with van der Waals surface area (Å²) in [5, 5.41) is 9.60. The van der Waals surface area contributed by atoms with Crippen LogP contribution in [0.5, 0.6) is 0 Å². The van der Waals surface area contributed by atoms with E-state index in [1.807, 2.05) is 42.5 Å². The summed E-state index contributed by atoms with van der Waals surface area (Å²) in [6.07, 6.45) is 3.52. The molecule has 1 heterocycles. The molecule has 0 aliphatic carbocycles. The Morgan fingerprint density at radius 3 is 2.18 bits per heavy atom. The fourth-order valence-corrected chi connectivity index (χ4v) is 2.92. The van der Waals surface area contributed by atoms with Crippen LogP contribution in [0.2, 0.25) is 0 Å². The van der Waals surface area contributed by atoms with E-state index in [0.29, 0.717) is 22.4 Å². The number of anilines is 1. The summed E-state index contributed by atoms with van der Waals surface area (Å²) in [6.45, 7) is 0. The van der Waals surface area contributed by atoms with Gasteiger partial charge in [-0.25, -0.2) is 0 Å². The summed E-state index contributed by atoms with van der Waals surface area (Å²) in [4.78, 5) is 25.0. The van der Waals surface area contributed by atoms with Gasteiger partial charge in [-0.2, -0.15) is 5.10 Å². The number of rotatable bonds is 5. The number of aromatic amines is 1. The molecule has 28 heavy (non-hydrogen) atoms. The van der Waals surface area contributed by atoms with Gasteiger partial charge in [0.1, 0.15) is 0 Å². The van der Waals surface area contributed by atoms with Crippen LogP contribution in [0.25, 0.3) is 11.1 Å². The van der Waals surface area contributed by atoms with Gasteiger partial charge < -0.3 is 5.32 Å². The predicted octanol–water partition coefficient (Wildman–Crippen LogP) is 4.56. The van der Waals surface area contributed by atoms with Crippen molar-refractivity contribution in [3.8, 4) is 11.1 Å². The molecule has 0 aliphatic rings. The number of nitrogens with one attached hydrogen (secondary N) is 2. The largest absolute Gasteiger partial charge is 0.322 e. The maximum absolute atomic E-state index is 12.5. The summed E-state index contributed by atoms with van der Waals surface area (Å²) < 4.78 is 0. The maximum Gasteiger partial charge on any atom is 0.255 e. The molecule has 136 valence electrons. The van der Waals surface area contributed by atoms with Crippen molar-refractivity contribution in [3.05, 3.63) is 108 Å². The smallest absolute Gasteiger partial charge is 0.255 e. The predicted molar refractivity (Wildman–Crippen MR) is 108 cm³/mol. The van der Waals surface area contributed by atoms with E-state index in [1.54, 1.807) is 48.8 Å². The third-order valence-electron chi connectivity index (χ3n) is 4.40. The normalized spacial score (nSPS) is 10.4. The number of hydrogen-bond donors (Lipinski definition) is 2. The van der Waals surface area contributed by atoms with E-state index in [9.17, 15) is 9.59 Å². The molecule has 0 fully saturated rings. The summed E-state index contributed by atoms with van der Waals surface area (Å²) in [5.41, 5.74) is 4.24. The van der Waals surface area contributed by atoms with Crippen LogP contribution in [0, 0.1) is 0 Å². The van der Waals surface area contributed by atoms with E-state index in [1.165, 1.54) is 0 Å². The molecule has 4 aromatic rings. The monoisotopic (exact) mass is 367 g/mol. The Kier molecular flexibility index (Phi) is 4.80. The molecule has 0 saturated carbocycles. The van der Waals surface area contributed by atoms with E-state index in [4.69, 9.17) is 0 Å². The molecule has 0 atom stereocenters. The van der Waals surface area contributed by atoms with Crippen molar-refractivity contribution in [1.29, 1.82) is 0 Å². The van der Waals surface area contributed by atoms with E-state index >= 15 is 0 Å². The lowest BCUT2D eigenvalue weighted by molar-refractivity contribution is 0.102. The Labute approximate surface area is 162 Å². The molecule has 0 radical (unpaired) electrons. The van der Waals surface area contributed by atoms with Crippen LogP contribution >= 0.6 is 0 Å². The molecule has 1 amide bonds. The van der Waals surface area contributed by atoms with Crippen LogP contribution in [0.15, 0.2) is 91.3 Å².